The summed E-state index contributed by atoms with van der Waals surface area (Å²) in [5.41, 5.74) is 26.1. The number of nitrogens with two attached hydrogens (primary N) is 3. The van der Waals surface area contributed by atoms with Gasteiger partial charge in [0.05, 0.1) is 62.1 Å². The van der Waals surface area contributed by atoms with Crippen LogP contribution in [0.25, 0.3) is 85.3 Å². The first kappa shape index (κ1) is 46.5. The molecule has 0 amide bonds. The van der Waals surface area contributed by atoms with Crippen LogP contribution < -0.4 is 31.4 Å². The first-order chi connectivity index (χ1) is 35.3. The molecular weight excluding hydrogens is 921 g/mol. The molecule has 0 spiro atoms. The van der Waals surface area contributed by atoms with E-state index in [2.05, 4.69) is 51.6 Å². The number of benzene rings is 5. The Morgan fingerprint density at radius 1 is 0.556 bits per heavy atom. The second kappa shape index (κ2) is 21.2. The number of methoxy groups -OCH3 is 3. The third-order valence-electron chi connectivity index (χ3n) is 10.9. The number of aromatic amines is 1. The van der Waals surface area contributed by atoms with E-state index in [0.29, 0.717) is 40.3 Å². The van der Waals surface area contributed by atoms with Gasteiger partial charge in [-0.3, -0.25) is 4.57 Å². The van der Waals surface area contributed by atoms with Crippen molar-refractivity contribution in [3.63, 3.8) is 0 Å². The second-order valence-corrected chi connectivity index (χ2v) is 15.2. The molecule has 0 saturated carbocycles. The van der Waals surface area contributed by atoms with Gasteiger partial charge in [-0.1, -0.05) is 72.8 Å². The molecule has 7 N–H and O–H groups in total. The van der Waals surface area contributed by atoms with Crippen molar-refractivity contribution in [3.8, 4) is 109 Å². The lowest BCUT2D eigenvalue weighted by molar-refractivity contribution is 0.310. The van der Waals surface area contributed by atoms with Gasteiger partial charge < -0.3 is 41.0 Å². The van der Waals surface area contributed by atoms with E-state index >= 15 is 0 Å². The molecule has 6 heterocycles. The van der Waals surface area contributed by atoms with Crippen LogP contribution >= 0.6 is 0 Å². The molecule has 358 valence electrons. The Morgan fingerprint density at radius 2 is 1.10 bits per heavy atom. The molecule has 0 unspecified atom stereocenters. The van der Waals surface area contributed by atoms with Crippen molar-refractivity contribution in [2.24, 2.45) is 0 Å². The van der Waals surface area contributed by atoms with E-state index in [9.17, 15) is 5.26 Å². The van der Waals surface area contributed by atoms with Crippen molar-refractivity contribution in [1.29, 1.82) is 5.26 Å². The number of anilines is 3. The van der Waals surface area contributed by atoms with Crippen molar-refractivity contribution < 1.29 is 28.1 Å². The maximum Gasteiger partial charge on any atom is 0.199 e. The molecule has 72 heavy (non-hydrogen) atoms. The summed E-state index contributed by atoms with van der Waals surface area (Å²) < 4.78 is 33.7. The zero-order chi connectivity index (χ0) is 50.0. The van der Waals surface area contributed by atoms with Gasteiger partial charge in [-0.15, -0.1) is 0 Å². The third kappa shape index (κ3) is 9.73. The largest absolute Gasteiger partial charge is 0.497 e. The predicted molar refractivity (Wildman–Crippen MR) is 265 cm³/mol. The minimum Gasteiger partial charge on any atom is -0.497 e. The topological polar surface area (TPSA) is 311 Å². The van der Waals surface area contributed by atoms with Crippen LogP contribution in [0, 0.1) is 11.3 Å². The van der Waals surface area contributed by atoms with Gasteiger partial charge in [-0.05, 0) is 97.2 Å². The summed E-state index contributed by atoms with van der Waals surface area (Å²) in [6.07, 6.45) is 3.63. The predicted octanol–water partition coefficient (Wildman–Crippen LogP) is 8.28. The zero-order valence-electron chi connectivity index (χ0n) is 38.6. The molecule has 5 aromatic carbocycles. The minimum absolute atomic E-state index is 0.0339. The van der Waals surface area contributed by atoms with Crippen molar-refractivity contribution in [3.05, 3.63) is 146 Å². The lowest BCUT2D eigenvalue weighted by Crippen LogP contribution is -2.03. The Morgan fingerprint density at radius 3 is 1.65 bits per heavy atom. The van der Waals surface area contributed by atoms with E-state index in [1.54, 1.807) is 32.1 Å². The lowest BCUT2D eigenvalue weighted by atomic mass is 10.0. The van der Waals surface area contributed by atoms with Gasteiger partial charge in [0.25, 0.3) is 0 Å². The van der Waals surface area contributed by atoms with E-state index in [4.69, 9.17) is 50.6 Å². The molecule has 11 rings (SSSR count). The SMILES string of the molecule is COc1ccc(-c2nc(-c3nonc3N)n(CC#N)c2-c2ccc(OC)cc2)cc1.COc1ccccc1-n1cc(-c2ccccc2)nc1-c1nonc1N.Nc1nonc1-c1ncc(-c2ccccc2)[nH]1. The van der Waals surface area contributed by atoms with E-state index in [1.807, 2.05) is 144 Å². The second-order valence-electron chi connectivity index (χ2n) is 15.2. The van der Waals surface area contributed by atoms with Crippen LogP contribution in [0.15, 0.2) is 160 Å². The maximum absolute atomic E-state index is 9.49. The van der Waals surface area contributed by atoms with Gasteiger partial charge in [0, 0.05) is 22.9 Å². The number of nitriles is 1. The molecule has 22 nitrogen and oxygen atoms in total. The molecule has 0 aliphatic carbocycles. The highest BCUT2D eigenvalue weighted by Crippen LogP contribution is 2.38. The molecule has 0 aliphatic rings. The van der Waals surface area contributed by atoms with Crippen LogP contribution in [0.2, 0.25) is 0 Å². The summed E-state index contributed by atoms with van der Waals surface area (Å²) in [5.74, 6) is 4.13. The number of hydrogen-bond acceptors (Lipinski definition) is 19. The Bertz CT molecular complexity index is 3570. The van der Waals surface area contributed by atoms with Crippen LogP contribution in [0.4, 0.5) is 17.5 Å². The van der Waals surface area contributed by atoms with Crippen molar-refractivity contribution in [1.82, 2.24) is 60.0 Å². The van der Waals surface area contributed by atoms with Crippen molar-refractivity contribution in [2.75, 3.05) is 38.5 Å². The van der Waals surface area contributed by atoms with Crippen LogP contribution in [-0.4, -0.2) is 81.3 Å². The van der Waals surface area contributed by atoms with Gasteiger partial charge in [-0.25, -0.2) is 28.8 Å². The first-order valence-corrected chi connectivity index (χ1v) is 21.7. The fourth-order valence-electron chi connectivity index (χ4n) is 7.42. The van der Waals surface area contributed by atoms with Gasteiger partial charge in [0.2, 0.25) is 0 Å². The first-order valence-electron chi connectivity index (χ1n) is 21.7. The highest BCUT2D eigenvalue weighted by atomic mass is 16.6. The Kier molecular flexibility index (Phi) is 13.7. The molecule has 0 aliphatic heterocycles. The van der Waals surface area contributed by atoms with E-state index in [-0.39, 0.29) is 29.7 Å². The Labute approximate surface area is 409 Å². The van der Waals surface area contributed by atoms with Gasteiger partial charge >= 0.3 is 0 Å². The smallest absolute Gasteiger partial charge is 0.199 e. The molecule has 0 atom stereocenters. The molecule has 11 aromatic rings. The van der Waals surface area contributed by atoms with E-state index in [0.717, 1.165) is 56.5 Å². The number of nitrogens with one attached hydrogen (secondary N) is 1. The number of rotatable bonds is 12. The monoisotopic (exact) mass is 962 g/mol. The molecule has 22 heteroatoms. The van der Waals surface area contributed by atoms with E-state index in [1.165, 1.54) is 0 Å². The average molecular weight is 963 g/mol. The number of para-hydroxylation sites is 2. The van der Waals surface area contributed by atoms with Gasteiger partial charge in [0.15, 0.2) is 52.0 Å². The Hall–Kier alpha value is -10.6. The summed E-state index contributed by atoms with van der Waals surface area (Å²) >= 11 is 0. The van der Waals surface area contributed by atoms with Crippen LogP contribution in [-0.2, 0) is 6.54 Å². The molecule has 0 fully saturated rings. The van der Waals surface area contributed by atoms with Gasteiger partial charge in [-0.2, -0.15) is 5.26 Å². The summed E-state index contributed by atoms with van der Waals surface area (Å²) in [5, 5.41) is 31.8. The zero-order valence-corrected chi connectivity index (χ0v) is 38.6. The number of H-pyrrole nitrogens is 1. The summed E-state index contributed by atoms with van der Waals surface area (Å²) in [7, 11) is 4.84. The third-order valence-corrected chi connectivity index (χ3v) is 10.9. The highest BCUT2D eigenvalue weighted by Gasteiger charge is 2.26. The number of aromatic nitrogens is 12. The standard InChI is InChI=1S/C21H18N6O3.C18H15N5O2.C11H9N5O/c1-28-15-7-3-13(4-8-15)17-19(14-5-9-16(29-2)10-6-14)27(12-11-22)21(24-17)18-20(23)26-30-25-18;1-24-15-10-6-5-9-14(15)23-11-13(12-7-3-2-4-8-12)20-18(23)16-17(19)22-25-21-16;12-10-9(15-17-16-10)11-13-6-8(14-11)7-4-2-1-3-5-7/h3-10H,12H2,1-2H3,(H2,23,26);2-11H,1H3,(H2,19,22);1-6H,(H2,12,16)(H,13,14). The fraction of sp³-hybridized carbons (Fsp3) is 0.0800. The molecule has 0 bridgehead atoms. The molecule has 0 saturated heterocycles. The number of imidazole rings is 3. The summed E-state index contributed by atoms with van der Waals surface area (Å²) in [4.78, 5) is 16.8. The Balaban J connectivity index is 0.000000138. The lowest BCUT2D eigenvalue weighted by Gasteiger charge is -2.10. The average Bonchev–Trinajstić information content (AvgIpc) is 4.32. The molecule has 0 radical (unpaired) electrons. The maximum atomic E-state index is 9.49. The van der Waals surface area contributed by atoms with Crippen LogP contribution in [0.5, 0.6) is 17.2 Å². The number of nitrogens with zero attached hydrogens (tertiary/aromatic N) is 12. The minimum atomic E-state index is 0.0339. The molecule has 6 aromatic heterocycles. The van der Waals surface area contributed by atoms with Crippen molar-refractivity contribution >= 4 is 17.5 Å². The van der Waals surface area contributed by atoms with Crippen molar-refractivity contribution in [2.45, 2.75) is 6.54 Å². The fourth-order valence-corrected chi connectivity index (χ4v) is 7.42. The molecular formula is C50H42N16O6. The summed E-state index contributed by atoms with van der Waals surface area (Å²) in [6, 6.07) is 44.6. The summed E-state index contributed by atoms with van der Waals surface area (Å²) in [6.45, 7) is 0.0339. The normalized spacial score (nSPS) is 10.6. The van der Waals surface area contributed by atoms with Crippen LogP contribution in [0.1, 0.15) is 0 Å². The number of nitrogen functional groups attached to an aromatic ring is 3. The number of ether oxygens (including phenoxy) is 3. The number of hydrogen-bond donors (Lipinski definition) is 4. The van der Waals surface area contributed by atoms with Gasteiger partial charge in [0.1, 0.15) is 23.8 Å². The van der Waals surface area contributed by atoms with Crippen LogP contribution in [0.3, 0.4) is 0 Å². The highest BCUT2D eigenvalue weighted by molar-refractivity contribution is 5.83. The van der Waals surface area contributed by atoms with E-state index < -0.39 is 0 Å². The quantitative estimate of drug-likeness (QED) is 0.0894.